The fourth-order valence-electron chi connectivity index (χ4n) is 3.07. The molecule has 13 nitrogen and oxygen atoms in total. The van der Waals surface area contributed by atoms with Gasteiger partial charge in [-0.3, -0.25) is 13.2 Å². The Balaban J connectivity index is 0.000000584. The van der Waals surface area contributed by atoms with Crippen LogP contribution in [0.3, 0.4) is 0 Å². The minimum atomic E-state index is -5.17. The van der Waals surface area contributed by atoms with Gasteiger partial charge in [-0.2, -0.15) is 13.2 Å². The van der Waals surface area contributed by atoms with Gasteiger partial charge < -0.3 is 39.6 Å². The first-order valence-corrected chi connectivity index (χ1v) is 11.9. The largest absolute Gasteiger partial charge is 0.759 e. The lowest BCUT2D eigenvalue weighted by molar-refractivity contribution is -0.148. The molecular formula is C19H23F6N5O8S-2. The molecule has 1 aliphatic rings. The normalized spacial score (nSPS) is 14.1. The van der Waals surface area contributed by atoms with Gasteiger partial charge in [-0.15, -0.1) is 10.2 Å². The summed E-state index contributed by atoms with van der Waals surface area (Å²) >= 11 is 0. The monoisotopic (exact) mass is 595 g/mol. The SMILES string of the molecule is N[C@@H](CC(=O)N1CCn2c(nnc2C(F)(F)F)C1)Cc1cc(F)c(F)cc1F.O=S(=O)([O-])[O-].OCC(O)CO. The molecule has 3 rings (SSSR count). The van der Waals surface area contributed by atoms with Crippen molar-refractivity contribution in [3.63, 3.8) is 0 Å². The quantitative estimate of drug-likeness (QED) is 0.138. The number of rotatable bonds is 6. The molecular weight excluding hydrogens is 572 g/mol. The van der Waals surface area contributed by atoms with Crippen molar-refractivity contribution in [2.45, 2.75) is 44.3 Å². The molecule has 2 heterocycles. The minimum Gasteiger partial charge on any atom is -0.759 e. The molecule has 0 fully saturated rings. The predicted molar refractivity (Wildman–Crippen MR) is 114 cm³/mol. The highest BCUT2D eigenvalue weighted by Crippen LogP contribution is 2.29. The van der Waals surface area contributed by atoms with E-state index in [1.165, 1.54) is 4.90 Å². The number of aliphatic hydroxyl groups is 3. The molecule has 222 valence electrons. The van der Waals surface area contributed by atoms with E-state index in [4.69, 9.17) is 38.6 Å². The standard InChI is InChI=1S/C16H15F6N5O.C3H8O3.H2O4S/c17-10-6-12(19)11(18)4-8(10)3-9(23)5-14(28)26-1-2-27-13(7-26)24-25-15(27)16(20,21)22;4-1-3(6)2-5;1-5(2,3)4/h4,6,9H,1-3,5,7,23H2;3-6H,1-2H2;(H2,1,2,3,4)/p-2/t9-;;/m1../s1. The molecule has 0 radical (unpaired) electrons. The first-order valence-electron chi connectivity index (χ1n) is 10.6. The molecule has 0 aliphatic carbocycles. The number of benzene rings is 1. The number of fused-ring (bicyclic) bond motifs is 1. The van der Waals surface area contributed by atoms with Gasteiger partial charge in [0, 0.05) is 42.0 Å². The van der Waals surface area contributed by atoms with Crippen LogP contribution < -0.4 is 5.73 Å². The topological polar surface area (TPSA) is 218 Å². The van der Waals surface area contributed by atoms with E-state index in [0.29, 0.717) is 12.1 Å². The summed E-state index contributed by atoms with van der Waals surface area (Å²) in [5.41, 5.74) is 5.64. The third-order valence-electron chi connectivity index (χ3n) is 4.79. The van der Waals surface area contributed by atoms with Gasteiger partial charge in [0.05, 0.1) is 19.8 Å². The molecule has 39 heavy (non-hydrogen) atoms. The summed E-state index contributed by atoms with van der Waals surface area (Å²) in [5.74, 6) is -5.15. The molecule has 1 aromatic heterocycles. The fourth-order valence-corrected chi connectivity index (χ4v) is 3.07. The Morgan fingerprint density at radius 3 is 2.08 bits per heavy atom. The van der Waals surface area contributed by atoms with E-state index < -0.39 is 57.9 Å². The number of halogens is 6. The van der Waals surface area contributed by atoms with E-state index in [-0.39, 0.29) is 57.1 Å². The number of alkyl halides is 3. The third kappa shape index (κ3) is 11.8. The lowest BCUT2D eigenvalue weighted by atomic mass is 10.0. The van der Waals surface area contributed by atoms with Crippen molar-refractivity contribution < 1.29 is 64.0 Å². The molecule has 0 unspecified atom stereocenters. The average Bonchev–Trinajstić information content (AvgIpc) is 3.25. The predicted octanol–water partition coefficient (Wildman–Crippen LogP) is -0.990. The van der Waals surface area contributed by atoms with E-state index in [1.54, 1.807) is 0 Å². The van der Waals surface area contributed by atoms with Crippen LogP contribution in [0.2, 0.25) is 0 Å². The molecule has 1 amide bonds. The van der Waals surface area contributed by atoms with Gasteiger partial charge in [0.15, 0.2) is 17.5 Å². The summed E-state index contributed by atoms with van der Waals surface area (Å²) in [6.07, 6.45) is -6.06. The maximum atomic E-state index is 13.7. The highest BCUT2D eigenvalue weighted by Gasteiger charge is 2.40. The van der Waals surface area contributed by atoms with Crippen LogP contribution >= 0.6 is 0 Å². The van der Waals surface area contributed by atoms with Gasteiger partial charge in [0.25, 0.3) is 0 Å². The number of hydrogen-bond acceptors (Lipinski definition) is 11. The zero-order valence-corrected chi connectivity index (χ0v) is 20.5. The zero-order chi connectivity index (χ0) is 30.1. The lowest BCUT2D eigenvalue weighted by Gasteiger charge is -2.29. The zero-order valence-electron chi connectivity index (χ0n) is 19.7. The Hall–Kier alpha value is -2.88. The van der Waals surface area contributed by atoms with E-state index >= 15 is 0 Å². The Morgan fingerprint density at radius 2 is 1.59 bits per heavy atom. The molecule has 1 aromatic carbocycles. The van der Waals surface area contributed by atoms with Crippen LogP contribution in [0, 0.1) is 17.5 Å². The van der Waals surface area contributed by atoms with Gasteiger partial charge in [0.2, 0.25) is 11.7 Å². The van der Waals surface area contributed by atoms with Crippen LogP contribution in [0.4, 0.5) is 26.3 Å². The second kappa shape index (κ2) is 14.5. The van der Waals surface area contributed by atoms with Gasteiger partial charge >= 0.3 is 6.18 Å². The second-order valence-electron chi connectivity index (χ2n) is 7.86. The maximum Gasteiger partial charge on any atom is 0.451 e. The lowest BCUT2D eigenvalue weighted by Crippen LogP contribution is -2.42. The first kappa shape index (κ1) is 34.1. The van der Waals surface area contributed by atoms with Gasteiger partial charge in [0.1, 0.15) is 11.9 Å². The second-order valence-corrected chi connectivity index (χ2v) is 8.67. The van der Waals surface area contributed by atoms with Crippen molar-refractivity contribution in [3.8, 4) is 0 Å². The summed E-state index contributed by atoms with van der Waals surface area (Å²) in [6, 6.07) is 0.184. The number of nitrogens with zero attached hydrogens (tertiary/aromatic N) is 4. The summed E-state index contributed by atoms with van der Waals surface area (Å²) < 4.78 is 113. The van der Waals surface area contributed by atoms with E-state index in [2.05, 4.69) is 10.2 Å². The van der Waals surface area contributed by atoms with Crippen LogP contribution in [0.15, 0.2) is 12.1 Å². The summed E-state index contributed by atoms with van der Waals surface area (Å²) in [7, 11) is -5.17. The van der Waals surface area contributed by atoms with Crippen molar-refractivity contribution in [1.29, 1.82) is 0 Å². The van der Waals surface area contributed by atoms with Crippen molar-refractivity contribution in [2.75, 3.05) is 19.8 Å². The Labute approximate surface area is 217 Å². The van der Waals surface area contributed by atoms with Crippen LogP contribution in [0.5, 0.6) is 0 Å². The maximum absolute atomic E-state index is 13.7. The molecule has 5 N–H and O–H groups in total. The van der Waals surface area contributed by atoms with E-state index in [0.717, 1.165) is 4.57 Å². The summed E-state index contributed by atoms with van der Waals surface area (Å²) in [6.45, 7) is -1.03. The number of amides is 1. The van der Waals surface area contributed by atoms with Crippen molar-refractivity contribution >= 4 is 16.3 Å². The summed E-state index contributed by atoms with van der Waals surface area (Å²) in [4.78, 5) is 13.6. The first-order chi connectivity index (χ1) is 17.9. The van der Waals surface area contributed by atoms with Crippen LogP contribution in [-0.2, 0) is 40.9 Å². The minimum absolute atomic E-state index is 0.000783. The van der Waals surface area contributed by atoms with Crippen LogP contribution in [0.25, 0.3) is 0 Å². The third-order valence-corrected chi connectivity index (χ3v) is 4.79. The molecule has 0 bridgehead atoms. The molecule has 20 heteroatoms. The fraction of sp³-hybridized carbons (Fsp3) is 0.526. The van der Waals surface area contributed by atoms with Crippen molar-refractivity contribution in [1.82, 2.24) is 19.7 Å². The molecule has 0 spiro atoms. The van der Waals surface area contributed by atoms with Crippen molar-refractivity contribution in [3.05, 3.63) is 46.8 Å². The number of carbonyl (C=O) groups is 1. The molecule has 2 aromatic rings. The van der Waals surface area contributed by atoms with Crippen molar-refractivity contribution in [2.24, 2.45) is 5.73 Å². The molecule has 1 atom stereocenters. The number of aromatic nitrogens is 3. The van der Waals surface area contributed by atoms with Crippen LogP contribution in [0.1, 0.15) is 23.6 Å². The smallest absolute Gasteiger partial charge is 0.451 e. The Bertz CT molecular complexity index is 1200. The number of aliphatic hydroxyl groups excluding tert-OH is 3. The molecule has 0 saturated heterocycles. The molecule has 0 saturated carbocycles. The van der Waals surface area contributed by atoms with Gasteiger partial charge in [-0.25, -0.2) is 13.2 Å². The van der Waals surface area contributed by atoms with E-state index in [9.17, 15) is 31.1 Å². The Kier molecular flexibility index (Phi) is 12.7. The van der Waals surface area contributed by atoms with Gasteiger partial charge in [-0.1, -0.05) is 0 Å². The van der Waals surface area contributed by atoms with Gasteiger partial charge in [-0.05, 0) is 18.1 Å². The highest BCUT2D eigenvalue weighted by atomic mass is 32.3. The molecule has 1 aliphatic heterocycles. The average molecular weight is 595 g/mol. The number of hydrogen-bond donors (Lipinski definition) is 4. The summed E-state index contributed by atoms with van der Waals surface area (Å²) in [5, 5.41) is 30.6. The number of carbonyl (C=O) groups excluding carboxylic acids is 1. The van der Waals surface area contributed by atoms with E-state index in [1.807, 2.05) is 0 Å². The highest BCUT2D eigenvalue weighted by molar-refractivity contribution is 7.79. The van der Waals surface area contributed by atoms with Crippen LogP contribution in [-0.4, -0.2) is 90.3 Å². The number of nitrogens with two attached hydrogens (primary N) is 1. The Morgan fingerprint density at radius 1 is 1.05 bits per heavy atom.